The first-order valence-electron chi connectivity index (χ1n) is 6.61. The van der Waals surface area contributed by atoms with E-state index in [9.17, 15) is 0 Å². The van der Waals surface area contributed by atoms with Gasteiger partial charge >= 0.3 is 0 Å². The molecule has 0 amide bonds. The Morgan fingerprint density at radius 2 is 2.22 bits per heavy atom. The van der Waals surface area contributed by atoms with Crippen molar-refractivity contribution in [1.82, 2.24) is 4.98 Å². The number of rotatable bonds is 2. The van der Waals surface area contributed by atoms with Crippen LogP contribution in [0.25, 0.3) is 10.6 Å². The van der Waals surface area contributed by atoms with Gasteiger partial charge in [0.15, 0.2) is 0 Å². The quantitative estimate of drug-likeness (QED) is 0.829. The molecule has 1 aromatic carbocycles. The summed E-state index contributed by atoms with van der Waals surface area (Å²) in [7, 11) is 0. The van der Waals surface area contributed by atoms with Gasteiger partial charge in [0.25, 0.3) is 0 Å². The summed E-state index contributed by atoms with van der Waals surface area (Å²) in [5.74, 6) is 0.846. The predicted molar refractivity (Wildman–Crippen MR) is 77.8 cm³/mol. The molecule has 0 spiro atoms. The molecule has 2 aromatic rings. The summed E-state index contributed by atoms with van der Waals surface area (Å²) in [5.41, 5.74) is 9.26. The molecular formula is C15H18N2S. The number of thiazole rings is 1. The molecule has 1 aliphatic rings. The number of nitrogen functional groups attached to an aromatic ring is 1. The number of fused-ring (bicyclic) bond motifs is 1. The van der Waals surface area contributed by atoms with Crippen LogP contribution in [0.2, 0.25) is 0 Å². The van der Waals surface area contributed by atoms with Gasteiger partial charge in [-0.2, -0.15) is 0 Å². The van der Waals surface area contributed by atoms with Gasteiger partial charge < -0.3 is 5.73 Å². The molecule has 3 heteroatoms. The zero-order valence-corrected chi connectivity index (χ0v) is 11.5. The van der Waals surface area contributed by atoms with E-state index in [1.807, 2.05) is 29.5 Å². The Morgan fingerprint density at radius 3 is 3.00 bits per heavy atom. The maximum Gasteiger partial charge on any atom is 0.125 e. The first-order valence-corrected chi connectivity index (χ1v) is 7.43. The van der Waals surface area contributed by atoms with Gasteiger partial charge in [-0.25, -0.2) is 4.98 Å². The lowest BCUT2D eigenvalue weighted by atomic mass is 9.89. The second kappa shape index (κ2) is 4.73. The van der Waals surface area contributed by atoms with Gasteiger partial charge in [-0.05, 0) is 37.3 Å². The van der Waals surface area contributed by atoms with E-state index in [4.69, 9.17) is 10.7 Å². The Kier molecular flexibility index (Phi) is 3.08. The number of hydrogen-bond donors (Lipinski definition) is 1. The first kappa shape index (κ1) is 11.7. The molecule has 0 fully saturated rings. The van der Waals surface area contributed by atoms with E-state index in [-0.39, 0.29) is 0 Å². The number of nitrogens with two attached hydrogens (primary N) is 1. The molecule has 1 aliphatic carbocycles. The van der Waals surface area contributed by atoms with Crippen LogP contribution >= 0.6 is 11.3 Å². The number of anilines is 1. The van der Waals surface area contributed by atoms with Crippen LogP contribution in [0.1, 0.15) is 30.3 Å². The molecule has 18 heavy (non-hydrogen) atoms. The predicted octanol–water partition coefficient (Wildman–Crippen LogP) is 3.91. The number of hydrogen-bond acceptors (Lipinski definition) is 3. The summed E-state index contributed by atoms with van der Waals surface area (Å²) in [6.45, 7) is 2.28. The molecule has 1 aromatic heterocycles. The Hall–Kier alpha value is -1.35. The topological polar surface area (TPSA) is 38.9 Å². The summed E-state index contributed by atoms with van der Waals surface area (Å²) < 4.78 is 0. The summed E-state index contributed by atoms with van der Waals surface area (Å²) in [4.78, 5) is 6.27. The van der Waals surface area contributed by atoms with Crippen LogP contribution in [0, 0.1) is 5.92 Å². The zero-order valence-electron chi connectivity index (χ0n) is 10.6. The number of aromatic nitrogens is 1. The highest BCUT2D eigenvalue weighted by Gasteiger charge is 2.22. The van der Waals surface area contributed by atoms with E-state index in [2.05, 4.69) is 13.0 Å². The van der Waals surface area contributed by atoms with Gasteiger partial charge in [-0.15, -0.1) is 11.3 Å². The fraction of sp³-hybridized carbons (Fsp3) is 0.400. The average molecular weight is 258 g/mol. The minimum Gasteiger partial charge on any atom is -0.398 e. The van der Waals surface area contributed by atoms with E-state index in [1.165, 1.54) is 29.8 Å². The first-order chi connectivity index (χ1) is 8.78. The highest BCUT2D eigenvalue weighted by molar-refractivity contribution is 7.15. The third kappa shape index (κ3) is 2.03. The largest absolute Gasteiger partial charge is 0.398 e. The number of para-hydroxylation sites is 1. The van der Waals surface area contributed by atoms with Crippen LogP contribution in [0.4, 0.5) is 5.69 Å². The summed E-state index contributed by atoms with van der Waals surface area (Å²) in [6, 6.07) is 8.02. The molecule has 94 valence electrons. The van der Waals surface area contributed by atoms with Crippen LogP contribution in [0.5, 0.6) is 0 Å². The third-order valence-electron chi connectivity index (χ3n) is 3.81. The van der Waals surface area contributed by atoms with Crippen molar-refractivity contribution in [3.05, 3.63) is 34.8 Å². The van der Waals surface area contributed by atoms with E-state index < -0.39 is 0 Å². The molecule has 1 heterocycles. The molecule has 0 saturated carbocycles. The normalized spacial score (nSPS) is 18.6. The maximum absolute atomic E-state index is 6.03. The number of aryl methyl sites for hydroxylation is 1. The molecular weight excluding hydrogens is 240 g/mol. The van der Waals surface area contributed by atoms with Crippen molar-refractivity contribution in [2.24, 2.45) is 5.92 Å². The second-order valence-electron chi connectivity index (χ2n) is 4.99. The highest BCUT2D eigenvalue weighted by Crippen LogP contribution is 2.37. The van der Waals surface area contributed by atoms with Crippen LogP contribution < -0.4 is 5.73 Å². The molecule has 0 aliphatic heterocycles. The van der Waals surface area contributed by atoms with E-state index in [1.54, 1.807) is 0 Å². The average Bonchev–Trinajstić information content (AvgIpc) is 2.81. The van der Waals surface area contributed by atoms with Gasteiger partial charge in [0.2, 0.25) is 0 Å². The van der Waals surface area contributed by atoms with Crippen molar-refractivity contribution >= 4 is 17.0 Å². The number of benzene rings is 1. The van der Waals surface area contributed by atoms with Crippen molar-refractivity contribution in [1.29, 1.82) is 0 Å². The minimum atomic E-state index is 0.829. The summed E-state index contributed by atoms with van der Waals surface area (Å²) in [6.07, 6.45) is 4.91. The summed E-state index contributed by atoms with van der Waals surface area (Å²) >= 11 is 1.83. The van der Waals surface area contributed by atoms with Crippen molar-refractivity contribution in [2.75, 3.05) is 5.73 Å². The molecule has 1 atom stereocenters. The highest BCUT2D eigenvalue weighted by atomic mass is 32.1. The lowest BCUT2D eigenvalue weighted by Crippen LogP contribution is -2.11. The smallest absolute Gasteiger partial charge is 0.125 e. The SMILES string of the molecule is CCC1CCc2nc(-c3ccccc3N)sc2C1. The van der Waals surface area contributed by atoms with E-state index >= 15 is 0 Å². The van der Waals surface area contributed by atoms with Crippen molar-refractivity contribution in [3.8, 4) is 10.6 Å². The van der Waals surface area contributed by atoms with Gasteiger partial charge in [-0.3, -0.25) is 0 Å². The Morgan fingerprint density at radius 1 is 1.39 bits per heavy atom. The third-order valence-corrected chi connectivity index (χ3v) is 4.96. The lowest BCUT2D eigenvalue weighted by molar-refractivity contribution is 0.446. The molecule has 3 rings (SSSR count). The van der Waals surface area contributed by atoms with Gasteiger partial charge in [-0.1, -0.05) is 25.5 Å². The van der Waals surface area contributed by atoms with Crippen LogP contribution in [-0.4, -0.2) is 4.98 Å². The van der Waals surface area contributed by atoms with Gasteiger partial charge in [0.1, 0.15) is 5.01 Å². The van der Waals surface area contributed by atoms with Crippen molar-refractivity contribution < 1.29 is 0 Å². The summed E-state index contributed by atoms with van der Waals surface area (Å²) in [5, 5.41) is 1.09. The van der Waals surface area contributed by atoms with Crippen LogP contribution in [-0.2, 0) is 12.8 Å². The fourth-order valence-corrected chi connectivity index (χ4v) is 3.87. The molecule has 1 unspecified atom stereocenters. The Balaban J connectivity index is 1.97. The molecule has 0 radical (unpaired) electrons. The second-order valence-corrected chi connectivity index (χ2v) is 6.08. The lowest BCUT2D eigenvalue weighted by Gasteiger charge is -2.18. The monoisotopic (exact) mass is 258 g/mol. The van der Waals surface area contributed by atoms with Gasteiger partial charge in [0.05, 0.1) is 5.69 Å². The Labute approximate surface area is 112 Å². The number of nitrogens with zero attached hydrogens (tertiary/aromatic N) is 1. The van der Waals surface area contributed by atoms with E-state index in [0.717, 1.165) is 28.6 Å². The van der Waals surface area contributed by atoms with E-state index in [0.29, 0.717) is 0 Å². The van der Waals surface area contributed by atoms with Crippen LogP contribution in [0.15, 0.2) is 24.3 Å². The zero-order chi connectivity index (χ0) is 12.5. The van der Waals surface area contributed by atoms with Crippen LogP contribution in [0.3, 0.4) is 0 Å². The Bertz CT molecular complexity index is 559. The van der Waals surface area contributed by atoms with Crippen molar-refractivity contribution in [2.45, 2.75) is 32.6 Å². The maximum atomic E-state index is 6.03. The van der Waals surface area contributed by atoms with Crippen molar-refractivity contribution in [3.63, 3.8) is 0 Å². The van der Waals surface area contributed by atoms with Gasteiger partial charge in [0, 0.05) is 16.1 Å². The minimum absolute atomic E-state index is 0.829. The fourth-order valence-electron chi connectivity index (χ4n) is 2.60. The standard InChI is InChI=1S/C15H18N2S/c1-2-10-7-8-13-14(9-10)18-15(17-13)11-5-3-4-6-12(11)16/h3-6,10H,2,7-9,16H2,1H3. The molecule has 0 saturated heterocycles. The molecule has 2 N–H and O–H groups in total. The molecule has 0 bridgehead atoms. The molecule has 2 nitrogen and oxygen atoms in total.